The van der Waals surface area contributed by atoms with Gasteiger partial charge in [0.2, 0.25) is 0 Å². The molecular formula is C17H27F3N4OS. The molecule has 1 aromatic rings. The third-order valence-corrected chi connectivity index (χ3v) is 5.35. The number of thiophene rings is 1. The molecule has 148 valence electrons. The molecule has 0 aliphatic carbocycles. The van der Waals surface area contributed by atoms with Crippen molar-refractivity contribution in [1.82, 2.24) is 20.4 Å². The number of urea groups is 1. The van der Waals surface area contributed by atoms with E-state index in [4.69, 9.17) is 0 Å². The second-order valence-corrected chi connectivity index (χ2v) is 7.26. The maximum atomic E-state index is 12.4. The summed E-state index contributed by atoms with van der Waals surface area (Å²) in [4.78, 5) is 15.8. The van der Waals surface area contributed by atoms with Gasteiger partial charge in [0, 0.05) is 25.7 Å². The molecule has 1 aliphatic heterocycles. The van der Waals surface area contributed by atoms with Crippen molar-refractivity contribution >= 4 is 17.4 Å². The van der Waals surface area contributed by atoms with Crippen LogP contribution in [0.5, 0.6) is 0 Å². The fraction of sp³-hybridized carbons (Fsp3) is 0.706. The first-order chi connectivity index (χ1) is 12.3. The van der Waals surface area contributed by atoms with Gasteiger partial charge in [-0.25, -0.2) is 4.79 Å². The lowest BCUT2D eigenvalue weighted by Crippen LogP contribution is -2.46. The van der Waals surface area contributed by atoms with Crippen LogP contribution in [0.2, 0.25) is 0 Å². The minimum absolute atomic E-state index is 0.0901. The van der Waals surface area contributed by atoms with Crippen molar-refractivity contribution in [3.63, 3.8) is 0 Å². The van der Waals surface area contributed by atoms with E-state index in [1.165, 1.54) is 4.90 Å². The molecule has 0 bridgehead atoms. The number of amides is 2. The van der Waals surface area contributed by atoms with Crippen LogP contribution in [0, 0.1) is 0 Å². The number of rotatable bonds is 8. The first-order valence-electron chi connectivity index (χ1n) is 8.92. The third-order valence-electron chi connectivity index (χ3n) is 4.65. The molecule has 2 amide bonds. The SMILES string of the molecule is CCN(CC)C(CNC(=O)NC1CCN(CC(F)(F)F)C1)c1ccsc1. The van der Waals surface area contributed by atoms with Crippen molar-refractivity contribution in [3.05, 3.63) is 22.4 Å². The zero-order chi connectivity index (χ0) is 19.2. The zero-order valence-electron chi connectivity index (χ0n) is 15.2. The van der Waals surface area contributed by atoms with Gasteiger partial charge in [-0.2, -0.15) is 24.5 Å². The topological polar surface area (TPSA) is 47.6 Å². The monoisotopic (exact) mass is 392 g/mol. The van der Waals surface area contributed by atoms with Gasteiger partial charge in [0.05, 0.1) is 12.6 Å². The molecule has 1 aromatic heterocycles. The number of carbonyl (C=O) groups excluding carboxylic acids is 1. The predicted octanol–water partition coefficient (Wildman–Crippen LogP) is 3.07. The molecule has 0 spiro atoms. The van der Waals surface area contributed by atoms with Crippen LogP contribution in [0.3, 0.4) is 0 Å². The molecule has 1 saturated heterocycles. The molecule has 2 rings (SSSR count). The smallest absolute Gasteiger partial charge is 0.336 e. The molecule has 2 unspecified atom stereocenters. The Morgan fingerprint density at radius 1 is 1.42 bits per heavy atom. The summed E-state index contributed by atoms with van der Waals surface area (Å²) in [6.45, 7) is 6.02. The average Bonchev–Trinajstić information content (AvgIpc) is 3.22. The van der Waals surface area contributed by atoms with Crippen molar-refractivity contribution in [2.24, 2.45) is 0 Å². The molecule has 0 saturated carbocycles. The summed E-state index contributed by atoms with van der Waals surface area (Å²) in [5.41, 5.74) is 1.16. The number of nitrogens with one attached hydrogen (secondary N) is 2. The van der Waals surface area contributed by atoms with Crippen LogP contribution < -0.4 is 10.6 Å². The van der Waals surface area contributed by atoms with Gasteiger partial charge >= 0.3 is 12.2 Å². The first kappa shape index (κ1) is 21.0. The van der Waals surface area contributed by atoms with Crippen molar-refractivity contribution < 1.29 is 18.0 Å². The summed E-state index contributed by atoms with van der Waals surface area (Å²) >= 11 is 1.62. The highest BCUT2D eigenvalue weighted by Gasteiger charge is 2.34. The minimum atomic E-state index is -4.20. The summed E-state index contributed by atoms with van der Waals surface area (Å²) in [5, 5.41) is 9.77. The second kappa shape index (κ2) is 9.57. The highest BCUT2D eigenvalue weighted by molar-refractivity contribution is 7.07. The van der Waals surface area contributed by atoms with Crippen molar-refractivity contribution in [2.45, 2.75) is 38.5 Å². The van der Waals surface area contributed by atoms with Gasteiger partial charge in [-0.1, -0.05) is 13.8 Å². The number of hydrogen-bond donors (Lipinski definition) is 2. The number of halogens is 3. The van der Waals surface area contributed by atoms with E-state index in [-0.39, 0.29) is 24.7 Å². The number of likely N-dealkylation sites (N-methyl/N-ethyl adjacent to an activating group) is 1. The van der Waals surface area contributed by atoms with Gasteiger partial charge in [0.15, 0.2) is 0 Å². The highest BCUT2D eigenvalue weighted by atomic mass is 32.1. The van der Waals surface area contributed by atoms with Gasteiger partial charge in [0.1, 0.15) is 0 Å². The average molecular weight is 392 g/mol. The Morgan fingerprint density at radius 3 is 2.73 bits per heavy atom. The molecule has 9 heteroatoms. The molecule has 0 radical (unpaired) electrons. The zero-order valence-corrected chi connectivity index (χ0v) is 16.0. The van der Waals surface area contributed by atoms with E-state index in [2.05, 4.69) is 40.8 Å². The van der Waals surface area contributed by atoms with Gasteiger partial charge < -0.3 is 10.6 Å². The lowest BCUT2D eigenvalue weighted by atomic mass is 10.1. The Hall–Kier alpha value is -1.32. The van der Waals surface area contributed by atoms with Gasteiger partial charge in [-0.15, -0.1) is 0 Å². The maximum absolute atomic E-state index is 12.4. The normalized spacial score (nSPS) is 19.7. The van der Waals surface area contributed by atoms with Crippen LogP contribution >= 0.6 is 11.3 Å². The summed E-state index contributed by atoms with van der Waals surface area (Å²) in [6, 6.07) is 1.58. The minimum Gasteiger partial charge on any atom is -0.336 e. The third kappa shape index (κ3) is 6.44. The fourth-order valence-electron chi connectivity index (χ4n) is 3.36. The number of nitrogens with zero attached hydrogens (tertiary/aromatic N) is 2. The van der Waals surface area contributed by atoms with Gasteiger partial charge in [0.25, 0.3) is 0 Å². The van der Waals surface area contributed by atoms with Crippen LogP contribution in [-0.4, -0.2) is 67.3 Å². The number of likely N-dealkylation sites (tertiary alicyclic amines) is 1. The summed E-state index contributed by atoms with van der Waals surface area (Å²) < 4.78 is 37.3. The highest BCUT2D eigenvalue weighted by Crippen LogP contribution is 2.22. The van der Waals surface area contributed by atoms with E-state index in [9.17, 15) is 18.0 Å². The summed E-state index contributed by atoms with van der Waals surface area (Å²) in [6.07, 6.45) is -3.66. The first-order valence-corrected chi connectivity index (χ1v) is 9.86. The van der Waals surface area contributed by atoms with E-state index in [1.807, 2.05) is 5.38 Å². The molecule has 2 atom stereocenters. The molecule has 2 heterocycles. The quantitative estimate of drug-likeness (QED) is 0.715. The Balaban J connectivity index is 1.81. The molecule has 1 fully saturated rings. The summed E-state index contributed by atoms with van der Waals surface area (Å²) in [7, 11) is 0. The molecule has 26 heavy (non-hydrogen) atoms. The van der Waals surface area contributed by atoms with Crippen LogP contribution in [0.25, 0.3) is 0 Å². The van der Waals surface area contributed by atoms with E-state index in [1.54, 1.807) is 11.3 Å². The standard InChI is InChI=1S/C17H27F3N4OS/c1-3-24(4-2)15(13-6-8-26-11-13)9-21-16(25)22-14-5-7-23(10-14)12-17(18,19)20/h6,8,11,14-15H,3-5,7,9-10,12H2,1-2H3,(H2,21,22,25). The second-order valence-electron chi connectivity index (χ2n) is 6.48. The molecule has 1 aliphatic rings. The fourth-order valence-corrected chi connectivity index (χ4v) is 4.07. The Labute approximate surface area is 156 Å². The van der Waals surface area contributed by atoms with E-state index in [0.29, 0.717) is 19.5 Å². The lowest BCUT2D eigenvalue weighted by Gasteiger charge is -2.29. The lowest BCUT2D eigenvalue weighted by molar-refractivity contribution is -0.143. The Bertz CT molecular complexity index is 549. The number of alkyl halides is 3. The van der Waals surface area contributed by atoms with Crippen molar-refractivity contribution in [1.29, 1.82) is 0 Å². The van der Waals surface area contributed by atoms with Crippen LogP contribution in [-0.2, 0) is 0 Å². The van der Waals surface area contributed by atoms with Crippen LogP contribution in [0.4, 0.5) is 18.0 Å². The van der Waals surface area contributed by atoms with E-state index < -0.39 is 12.7 Å². The maximum Gasteiger partial charge on any atom is 0.401 e. The van der Waals surface area contributed by atoms with E-state index >= 15 is 0 Å². The largest absolute Gasteiger partial charge is 0.401 e. The molecule has 0 aromatic carbocycles. The Morgan fingerprint density at radius 2 is 2.15 bits per heavy atom. The van der Waals surface area contributed by atoms with Gasteiger partial charge in [-0.05, 0) is 41.9 Å². The van der Waals surface area contributed by atoms with Crippen LogP contribution in [0.1, 0.15) is 31.9 Å². The Kier molecular flexibility index (Phi) is 7.72. The van der Waals surface area contributed by atoms with Crippen molar-refractivity contribution in [2.75, 3.05) is 39.3 Å². The number of hydrogen-bond acceptors (Lipinski definition) is 4. The molecular weight excluding hydrogens is 365 g/mol. The summed E-state index contributed by atoms with van der Waals surface area (Å²) in [5.74, 6) is 0. The molecule has 5 nitrogen and oxygen atoms in total. The van der Waals surface area contributed by atoms with Gasteiger partial charge in [-0.3, -0.25) is 9.80 Å². The van der Waals surface area contributed by atoms with Crippen molar-refractivity contribution in [3.8, 4) is 0 Å². The number of carbonyl (C=O) groups is 1. The predicted molar refractivity (Wildman–Crippen MR) is 97.4 cm³/mol. The van der Waals surface area contributed by atoms with E-state index in [0.717, 1.165) is 18.7 Å². The van der Waals surface area contributed by atoms with Crippen LogP contribution in [0.15, 0.2) is 16.8 Å². The molecule has 2 N–H and O–H groups in total.